The highest BCUT2D eigenvalue weighted by molar-refractivity contribution is 6.30. The number of halogens is 1. The van der Waals surface area contributed by atoms with E-state index in [1.807, 2.05) is 41.6 Å². The monoisotopic (exact) mass is 360 g/mol. The smallest absolute Gasteiger partial charge is 0.125 e. The molecule has 1 heterocycles. The van der Waals surface area contributed by atoms with Crippen LogP contribution in [0.5, 0.6) is 11.5 Å². The summed E-state index contributed by atoms with van der Waals surface area (Å²) in [4.78, 5) is 0. The van der Waals surface area contributed by atoms with Crippen LogP contribution in [0.25, 0.3) is 0 Å². The molecule has 0 N–H and O–H groups in total. The Balaban J connectivity index is 1.68. The van der Waals surface area contributed by atoms with Crippen LogP contribution in [0.2, 0.25) is 5.02 Å². The Labute approximate surface area is 152 Å². The van der Waals surface area contributed by atoms with Crippen molar-refractivity contribution >= 4 is 17.8 Å². The maximum absolute atomic E-state index is 5.89. The van der Waals surface area contributed by atoms with Crippen molar-refractivity contribution in [2.45, 2.75) is 6.61 Å². The van der Waals surface area contributed by atoms with Crippen LogP contribution in [0.4, 0.5) is 0 Å². The molecule has 1 saturated heterocycles. The number of rotatable bonds is 6. The van der Waals surface area contributed by atoms with Crippen molar-refractivity contribution in [3.63, 3.8) is 0 Å². The third-order valence-electron chi connectivity index (χ3n) is 3.87. The summed E-state index contributed by atoms with van der Waals surface area (Å²) in [6.45, 7) is 3.49. The Kier molecular flexibility index (Phi) is 6.14. The number of ether oxygens (including phenoxy) is 3. The first-order valence-corrected chi connectivity index (χ1v) is 8.54. The normalized spacial score (nSPS) is 14.7. The molecule has 0 atom stereocenters. The van der Waals surface area contributed by atoms with Gasteiger partial charge in [-0.15, -0.1) is 0 Å². The number of hydrogen-bond acceptors (Lipinski definition) is 5. The summed E-state index contributed by atoms with van der Waals surface area (Å²) in [7, 11) is 1.66. The molecule has 2 aromatic carbocycles. The van der Waals surface area contributed by atoms with E-state index in [2.05, 4.69) is 5.10 Å². The van der Waals surface area contributed by atoms with E-state index in [4.69, 9.17) is 25.8 Å². The molecule has 0 radical (unpaired) electrons. The standard InChI is InChI=1S/C19H21ClN2O3/c1-23-19-7-2-15(13-21-22-8-10-24-11-9-22)12-16(19)14-25-18-5-3-17(20)4-6-18/h2-7,12-13H,8-11,14H2,1H3/b21-13-. The molecule has 1 aliphatic rings. The van der Waals surface area contributed by atoms with Crippen molar-refractivity contribution in [1.29, 1.82) is 0 Å². The molecular formula is C19H21ClN2O3. The molecule has 1 fully saturated rings. The zero-order valence-electron chi connectivity index (χ0n) is 14.2. The summed E-state index contributed by atoms with van der Waals surface area (Å²) in [5.74, 6) is 1.55. The second-order valence-corrected chi connectivity index (χ2v) is 6.06. The van der Waals surface area contributed by atoms with E-state index in [1.54, 1.807) is 19.2 Å². The van der Waals surface area contributed by atoms with Gasteiger partial charge in [0.2, 0.25) is 0 Å². The van der Waals surface area contributed by atoms with Crippen LogP contribution in [0.3, 0.4) is 0 Å². The molecule has 25 heavy (non-hydrogen) atoms. The van der Waals surface area contributed by atoms with Crippen LogP contribution in [0.1, 0.15) is 11.1 Å². The lowest BCUT2D eigenvalue weighted by molar-refractivity contribution is 0.0397. The summed E-state index contributed by atoms with van der Waals surface area (Å²) < 4.78 is 16.6. The number of hydrazone groups is 1. The van der Waals surface area contributed by atoms with Gasteiger partial charge in [-0.1, -0.05) is 11.6 Å². The minimum Gasteiger partial charge on any atom is -0.496 e. The molecule has 1 aliphatic heterocycles. The van der Waals surface area contributed by atoms with Crippen molar-refractivity contribution in [3.8, 4) is 11.5 Å². The molecule has 6 heteroatoms. The Morgan fingerprint density at radius 3 is 2.64 bits per heavy atom. The highest BCUT2D eigenvalue weighted by Crippen LogP contribution is 2.22. The average molecular weight is 361 g/mol. The Morgan fingerprint density at radius 1 is 1.16 bits per heavy atom. The van der Waals surface area contributed by atoms with Crippen molar-refractivity contribution < 1.29 is 14.2 Å². The topological polar surface area (TPSA) is 43.3 Å². The quantitative estimate of drug-likeness (QED) is 0.738. The van der Waals surface area contributed by atoms with E-state index in [1.165, 1.54) is 0 Å². The predicted molar refractivity (Wildman–Crippen MR) is 98.8 cm³/mol. The van der Waals surface area contributed by atoms with Gasteiger partial charge in [-0.05, 0) is 48.0 Å². The highest BCUT2D eigenvalue weighted by Gasteiger charge is 2.08. The number of morpholine rings is 1. The van der Waals surface area contributed by atoms with Gasteiger partial charge >= 0.3 is 0 Å². The lowest BCUT2D eigenvalue weighted by atomic mass is 10.1. The van der Waals surface area contributed by atoms with E-state index < -0.39 is 0 Å². The molecule has 0 aliphatic carbocycles. The summed E-state index contributed by atoms with van der Waals surface area (Å²) in [5.41, 5.74) is 1.96. The molecular weight excluding hydrogens is 340 g/mol. The maximum Gasteiger partial charge on any atom is 0.125 e. The summed E-state index contributed by atoms with van der Waals surface area (Å²) >= 11 is 5.89. The van der Waals surface area contributed by atoms with Crippen molar-refractivity contribution in [3.05, 3.63) is 58.6 Å². The fraction of sp³-hybridized carbons (Fsp3) is 0.316. The van der Waals surface area contributed by atoms with Crippen molar-refractivity contribution in [2.24, 2.45) is 5.10 Å². The molecule has 2 aromatic rings. The second kappa shape index (κ2) is 8.74. The summed E-state index contributed by atoms with van der Waals surface area (Å²) in [5, 5.41) is 7.21. The summed E-state index contributed by atoms with van der Waals surface area (Å²) in [6.07, 6.45) is 1.86. The minimum absolute atomic E-state index is 0.407. The van der Waals surface area contributed by atoms with Crippen LogP contribution in [-0.2, 0) is 11.3 Å². The van der Waals surface area contributed by atoms with Crippen LogP contribution >= 0.6 is 11.6 Å². The number of benzene rings is 2. The van der Waals surface area contributed by atoms with Gasteiger partial charge in [-0.25, -0.2) is 0 Å². The summed E-state index contributed by atoms with van der Waals surface area (Å²) in [6, 6.07) is 13.2. The molecule has 0 unspecified atom stereocenters. The van der Waals surface area contributed by atoms with Crippen LogP contribution in [0.15, 0.2) is 47.6 Å². The molecule has 132 valence electrons. The molecule has 3 rings (SSSR count). The zero-order chi connectivity index (χ0) is 17.5. The fourth-order valence-corrected chi connectivity index (χ4v) is 2.63. The van der Waals surface area contributed by atoms with Gasteiger partial charge in [0.1, 0.15) is 18.1 Å². The number of hydrogen-bond donors (Lipinski definition) is 0. The lowest BCUT2D eigenvalue weighted by Gasteiger charge is -2.23. The maximum atomic E-state index is 5.89. The van der Waals surface area contributed by atoms with Gasteiger partial charge in [0.15, 0.2) is 0 Å². The van der Waals surface area contributed by atoms with E-state index in [0.29, 0.717) is 11.6 Å². The molecule has 5 nitrogen and oxygen atoms in total. The first kappa shape index (κ1) is 17.6. The Morgan fingerprint density at radius 2 is 1.92 bits per heavy atom. The van der Waals surface area contributed by atoms with E-state index in [0.717, 1.165) is 48.9 Å². The molecule has 0 saturated carbocycles. The van der Waals surface area contributed by atoms with Crippen LogP contribution < -0.4 is 9.47 Å². The van der Waals surface area contributed by atoms with Crippen LogP contribution in [0, 0.1) is 0 Å². The van der Waals surface area contributed by atoms with Gasteiger partial charge in [0, 0.05) is 10.6 Å². The first-order chi connectivity index (χ1) is 12.2. The van der Waals surface area contributed by atoms with Gasteiger partial charge in [-0.3, -0.25) is 5.01 Å². The number of nitrogens with zero attached hydrogens (tertiary/aromatic N) is 2. The largest absolute Gasteiger partial charge is 0.496 e. The Bertz CT molecular complexity index is 713. The minimum atomic E-state index is 0.407. The van der Waals surface area contributed by atoms with Crippen molar-refractivity contribution in [1.82, 2.24) is 5.01 Å². The SMILES string of the molecule is COc1ccc(/C=N\N2CCOCC2)cc1COc1ccc(Cl)cc1. The average Bonchev–Trinajstić information content (AvgIpc) is 2.67. The van der Waals surface area contributed by atoms with Crippen molar-refractivity contribution in [2.75, 3.05) is 33.4 Å². The highest BCUT2D eigenvalue weighted by atomic mass is 35.5. The molecule has 0 amide bonds. The molecule has 0 spiro atoms. The van der Waals surface area contributed by atoms with E-state index in [9.17, 15) is 0 Å². The molecule has 0 aromatic heterocycles. The van der Waals surface area contributed by atoms with Crippen LogP contribution in [-0.4, -0.2) is 44.6 Å². The van der Waals surface area contributed by atoms with Gasteiger partial charge < -0.3 is 14.2 Å². The first-order valence-electron chi connectivity index (χ1n) is 8.16. The molecule has 0 bridgehead atoms. The van der Waals surface area contributed by atoms with Gasteiger partial charge in [-0.2, -0.15) is 5.10 Å². The van der Waals surface area contributed by atoms with E-state index in [-0.39, 0.29) is 0 Å². The number of methoxy groups -OCH3 is 1. The third-order valence-corrected chi connectivity index (χ3v) is 4.12. The second-order valence-electron chi connectivity index (χ2n) is 5.62. The fourth-order valence-electron chi connectivity index (χ4n) is 2.50. The van der Waals surface area contributed by atoms with Gasteiger partial charge in [0.05, 0.1) is 39.6 Å². The van der Waals surface area contributed by atoms with Gasteiger partial charge in [0.25, 0.3) is 0 Å². The zero-order valence-corrected chi connectivity index (χ0v) is 14.9. The third kappa shape index (κ3) is 5.11. The predicted octanol–water partition coefficient (Wildman–Crippen LogP) is 3.59. The van der Waals surface area contributed by atoms with E-state index >= 15 is 0 Å². The Hall–Kier alpha value is -2.24. The lowest BCUT2D eigenvalue weighted by Crippen LogP contribution is -2.32.